The van der Waals surface area contributed by atoms with Gasteiger partial charge in [-0.25, -0.2) is 0 Å². The summed E-state index contributed by atoms with van der Waals surface area (Å²) in [6.07, 6.45) is 3.38. The molecule has 0 amide bonds. The third kappa shape index (κ3) is 4.88. The highest BCUT2D eigenvalue weighted by molar-refractivity contribution is 5.98. The fraction of sp³-hybridized carbons (Fsp3) is 0.185. The van der Waals surface area contributed by atoms with Gasteiger partial charge in [0.2, 0.25) is 0 Å². The van der Waals surface area contributed by atoms with Crippen LogP contribution in [0.4, 0.5) is 5.69 Å². The average molecular weight is 454 g/mol. The van der Waals surface area contributed by atoms with Crippen LogP contribution in [0.15, 0.2) is 71.4 Å². The van der Waals surface area contributed by atoms with Gasteiger partial charge in [0.25, 0.3) is 0 Å². The Morgan fingerprint density at radius 3 is 2.32 bits per heavy atom. The highest BCUT2D eigenvalue weighted by Gasteiger charge is 2.15. The van der Waals surface area contributed by atoms with Crippen LogP contribution in [0.2, 0.25) is 0 Å². The van der Waals surface area contributed by atoms with E-state index in [9.17, 15) is 9.90 Å². The number of allylic oxidation sites excluding steroid dienone is 1. The number of rotatable bonds is 7. The number of benzene rings is 3. The number of aromatic hydroxyl groups is 1. The van der Waals surface area contributed by atoms with Crippen molar-refractivity contribution >= 4 is 34.8 Å². The molecule has 0 atom stereocenters. The van der Waals surface area contributed by atoms with E-state index < -0.39 is 0 Å². The van der Waals surface area contributed by atoms with Crippen molar-refractivity contribution in [3.8, 4) is 11.4 Å². The molecular formula is C27H27N5O2. The topological polar surface area (TPSA) is 83.6 Å². The number of hydrogen-bond acceptors (Lipinski definition) is 6. The summed E-state index contributed by atoms with van der Waals surface area (Å²) in [5.41, 5.74) is 6.17. The predicted octanol–water partition coefficient (Wildman–Crippen LogP) is 5.09. The zero-order valence-electron chi connectivity index (χ0n) is 19.7. The number of aromatic nitrogens is 3. The SMILES string of the molecule is C/C=N\C(=C/c1ccc(N(C)Cc2cc(C)cc(-n3nc4ccccc4n3)c2O)cc1)C(C)=O. The molecule has 0 unspecified atom stereocenters. The summed E-state index contributed by atoms with van der Waals surface area (Å²) in [5, 5.41) is 20.1. The molecule has 34 heavy (non-hydrogen) atoms. The molecule has 7 heteroatoms. The first-order chi connectivity index (χ1) is 16.4. The van der Waals surface area contributed by atoms with Crippen LogP contribution in [0.1, 0.15) is 30.5 Å². The van der Waals surface area contributed by atoms with Crippen molar-refractivity contribution in [1.29, 1.82) is 0 Å². The van der Waals surface area contributed by atoms with Gasteiger partial charge in [-0.15, -0.1) is 15.0 Å². The first-order valence-electron chi connectivity index (χ1n) is 11.0. The smallest absolute Gasteiger partial charge is 0.178 e. The van der Waals surface area contributed by atoms with Crippen LogP contribution in [0.5, 0.6) is 5.75 Å². The van der Waals surface area contributed by atoms with Crippen LogP contribution in [0.3, 0.4) is 0 Å². The van der Waals surface area contributed by atoms with Crippen LogP contribution in [-0.4, -0.2) is 39.1 Å². The van der Waals surface area contributed by atoms with Gasteiger partial charge in [-0.2, -0.15) is 0 Å². The second kappa shape index (κ2) is 9.70. The normalized spacial score (nSPS) is 11.9. The van der Waals surface area contributed by atoms with Crippen LogP contribution >= 0.6 is 0 Å². The molecule has 4 rings (SSSR count). The summed E-state index contributed by atoms with van der Waals surface area (Å²) in [7, 11) is 1.97. The van der Waals surface area contributed by atoms with Gasteiger partial charge in [-0.3, -0.25) is 9.79 Å². The summed E-state index contributed by atoms with van der Waals surface area (Å²) in [6, 6.07) is 19.3. The quantitative estimate of drug-likeness (QED) is 0.311. The highest BCUT2D eigenvalue weighted by Crippen LogP contribution is 2.30. The summed E-state index contributed by atoms with van der Waals surface area (Å²) in [6.45, 7) is 5.77. The lowest BCUT2D eigenvalue weighted by molar-refractivity contribution is -0.113. The molecule has 0 fully saturated rings. The third-order valence-corrected chi connectivity index (χ3v) is 5.49. The van der Waals surface area contributed by atoms with Crippen molar-refractivity contribution in [3.63, 3.8) is 0 Å². The van der Waals surface area contributed by atoms with Gasteiger partial charge >= 0.3 is 0 Å². The van der Waals surface area contributed by atoms with Crippen LogP contribution < -0.4 is 4.90 Å². The lowest BCUT2D eigenvalue weighted by Gasteiger charge is -2.21. The number of anilines is 1. The standard InChI is InChI=1S/C27H27N5O2/c1-5-28-25(19(3)33)16-20-10-12-22(13-11-20)31(4)17-21-14-18(2)15-26(27(21)34)32-29-23-8-6-7-9-24(23)30-32/h5-16,34H,17H2,1-4H3/b25-16-,28-5-. The lowest BCUT2D eigenvalue weighted by atomic mass is 10.1. The predicted molar refractivity (Wildman–Crippen MR) is 137 cm³/mol. The Labute approximate surface area is 198 Å². The zero-order chi connectivity index (χ0) is 24.2. The van der Waals surface area contributed by atoms with E-state index in [1.54, 1.807) is 19.2 Å². The van der Waals surface area contributed by atoms with E-state index in [1.807, 2.05) is 74.6 Å². The van der Waals surface area contributed by atoms with Crippen LogP contribution in [0.25, 0.3) is 22.8 Å². The highest BCUT2D eigenvalue weighted by atomic mass is 16.3. The number of hydrogen-bond donors (Lipinski definition) is 1. The molecule has 0 aliphatic carbocycles. The maximum atomic E-state index is 11.7. The molecular weight excluding hydrogens is 426 g/mol. The van der Waals surface area contributed by atoms with E-state index in [1.165, 1.54) is 11.7 Å². The second-order valence-corrected chi connectivity index (χ2v) is 8.19. The van der Waals surface area contributed by atoms with Gasteiger partial charge in [0, 0.05) is 38.0 Å². The number of fused-ring (bicyclic) bond motifs is 1. The Balaban J connectivity index is 1.59. The number of carbonyl (C=O) groups excluding carboxylic acids is 1. The largest absolute Gasteiger partial charge is 0.505 e. The Morgan fingerprint density at radius 2 is 1.74 bits per heavy atom. The van der Waals surface area contributed by atoms with Gasteiger partial charge in [0.15, 0.2) is 5.78 Å². The molecule has 0 saturated carbocycles. The Bertz CT molecular complexity index is 1370. The molecule has 1 aromatic heterocycles. The summed E-state index contributed by atoms with van der Waals surface area (Å²) < 4.78 is 0. The van der Waals surface area contributed by atoms with E-state index in [4.69, 9.17) is 0 Å². The molecule has 0 saturated heterocycles. The molecule has 0 radical (unpaired) electrons. The summed E-state index contributed by atoms with van der Waals surface area (Å²) >= 11 is 0. The van der Waals surface area contributed by atoms with Gasteiger partial charge in [-0.05, 0) is 61.4 Å². The molecule has 0 aliphatic heterocycles. The van der Waals surface area contributed by atoms with Gasteiger partial charge < -0.3 is 10.0 Å². The number of ketones is 1. The molecule has 0 spiro atoms. The second-order valence-electron chi connectivity index (χ2n) is 8.19. The van der Waals surface area contributed by atoms with Gasteiger partial charge in [-0.1, -0.05) is 30.3 Å². The molecule has 7 nitrogen and oxygen atoms in total. The Hall–Kier alpha value is -4.26. The number of carbonyl (C=O) groups is 1. The Kier molecular flexibility index (Phi) is 6.54. The number of phenolic OH excluding ortho intramolecular Hbond substituents is 1. The molecule has 0 aliphatic rings. The van der Waals surface area contributed by atoms with Crippen LogP contribution in [0, 0.1) is 6.92 Å². The van der Waals surface area contributed by atoms with E-state index in [2.05, 4.69) is 20.1 Å². The molecule has 4 aromatic rings. The van der Waals surface area contributed by atoms with Crippen molar-refractivity contribution in [2.45, 2.75) is 27.3 Å². The van der Waals surface area contributed by atoms with E-state index in [0.29, 0.717) is 17.9 Å². The van der Waals surface area contributed by atoms with E-state index in [0.717, 1.165) is 33.4 Å². The van der Waals surface area contributed by atoms with E-state index >= 15 is 0 Å². The first-order valence-corrected chi connectivity index (χ1v) is 11.0. The van der Waals surface area contributed by atoms with Crippen molar-refractivity contribution in [2.75, 3.05) is 11.9 Å². The maximum absolute atomic E-state index is 11.7. The monoisotopic (exact) mass is 453 g/mol. The van der Waals surface area contributed by atoms with Gasteiger partial charge in [0.05, 0.1) is 0 Å². The number of Topliss-reactive ketones (excluding diaryl/α,β-unsaturated/α-hetero) is 1. The first kappa shape index (κ1) is 22.9. The summed E-state index contributed by atoms with van der Waals surface area (Å²) in [4.78, 5) is 19.4. The number of nitrogens with zero attached hydrogens (tertiary/aromatic N) is 5. The average Bonchev–Trinajstić information content (AvgIpc) is 3.25. The van der Waals surface area contributed by atoms with Crippen molar-refractivity contribution < 1.29 is 9.90 Å². The fourth-order valence-corrected chi connectivity index (χ4v) is 3.77. The van der Waals surface area contributed by atoms with Gasteiger partial charge in [0.1, 0.15) is 28.2 Å². The number of phenols is 1. The fourth-order valence-electron chi connectivity index (χ4n) is 3.77. The van der Waals surface area contributed by atoms with Crippen molar-refractivity contribution in [3.05, 3.63) is 83.1 Å². The molecule has 3 aromatic carbocycles. The van der Waals surface area contributed by atoms with Crippen molar-refractivity contribution in [1.82, 2.24) is 15.0 Å². The third-order valence-electron chi connectivity index (χ3n) is 5.49. The minimum absolute atomic E-state index is 0.0791. The van der Waals surface area contributed by atoms with E-state index in [-0.39, 0.29) is 11.5 Å². The van der Waals surface area contributed by atoms with Crippen LogP contribution in [-0.2, 0) is 11.3 Å². The summed E-state index contributed by atoms with van der Waals surface area (Å²) in [5.74, 6) is 0.0745. The minimum Gasteiger partial charge on any atom is -0.505 e. The van der Waals surface area contributed by atoms with Crippen molar-refractivity contribution in [2.24, 2.45) is 4.99 Å². The molecule has 172 valence electrons. The maximum Gasteiger partial charge on any atom is 0.178 e. The molecule has 1 heterocycles. The minimum atomic E-state index is -0.0791. The lowest BCUT2D eigenvalue weighted by Crippen LogP contribution is -2.17. The Morgan fingerprint density at radius 1 is 1.09 bits per heavy atom. The molecule has 1 N–H and O–H groups in total. The molecule has 0 bridgehead atoms. The number of aliphatic imine (C=N–C) groups is 1. The zero-order valence-corrected chi connectivity index (χ0v) is 19.7. The number of aryl methyl sites for hydroxylation is 1.